The largest absolute Gasteiger partial charge is 0.363 e. The third kappa shape index (κ3) is 3.53. The van der Waals surface area contributed by atoms with Gasteiger partial charge in [0.05, 0.1) is 5.92 Å². The molecular formula is C18H24FN3OS. The Morgan fingerprint density at radius 2 is 1.88 bits per heavy atom. The van der Waals surface area contributed by atoms with Crippen LogP contribution in [0.15, 0.2) is 24.3 Å². The van der Waals surface area contributed by atoms with Crippen molar-refractivity contribution in [2.24, 2.45) is 5.92 Å². The van der Waals surface area contributed by atoms with Gasteiger partial charge in [-0.3, -0.25) is 4.79 Å². The summed E-state index contributed by atoms with van der Waals surface area (Å²) in [6.07, 6.45) is 2.17. The lowest BCUT2D eigenvalue weighted by molar-refractivity contribution is -0.134. The zero-order valence-electron chi connectivity index (χ0n) is 14.0. The van der Waals surface area contributed by atoms with Crippen LogP contribution in [0.4, 0.5) is 4.39 Å². The second kappa shape index (κ2) is 7.47. The first-order valence-corrected chi connectivity index (χ1v) is 9.08. The predicted molar refractivity (Wildman–Crippen MR) is 96.3 cm³/mol. The van der Waals surface area contributed by atoms with E-state index in [1.54, 1.807) is 12.1 Å². The van der Waals surface area contributed by atoms with Gasteiger partial charge in [0.2, 0.25) is 5.91 Å². The molecule has 1 aromatic carbocycles. The van der Waals surface area contributed by atoms with Gasteiger partial charge >= 0.3 is 0 Å². The lowest BCUT2D eigenvalue weighted by Crippen LogP contribution is -2.40. The van der Waals surface area contributed by atoms with Gasteiger partial charge in [0.1, 0.15) is 5.82 Å². The van der Waals surface area contributed by atoms with Gasteiger partial charge in [-0.15, -0.1) is 0 Å². The van der Waals surface area contributed by atoms with Crippen LogP contribution in [0.2, 0.25) is 0 Å². The number of hydrogen-bond acceptors (Lipinski definition) is 2. The Labute approximate surface area is 148 Å². The Morgan fingerprint density at radius 1 is 1.21 bits per heavy atom. The van der Waals surface area contributed by atoms with E-state index in [0.717, 1.165) is 38.0 Å². The van der Waals surface area contributed by atoms with Crippen molar-refractivity contribution in [3.63, 3.8) is 0 Å². The van der Waals surface area contributed by atoms with Gasteiger partial charge in [-0.25, -0.2) is 4.39 Å². The molecule has 2 heterocycles. The third-order valence-electron chi connectivity index (χ3n) is 4.97. The van der Waals surface area contributed by atoms with Crippen LogP contribution in [-0.2, 0) is 4.79 Å². The predicted octanol–water partition coefficient (Wildman–Crippen LogP) is 2.36. The van der Waals surface area contributed by atoms with E-state index in [1.165, 1.54) is 12.1 Å². The number of rotatable bonds is 3. The highest BCUT2D eigenvalue weighted by molar-refractivity contribution is 7.80. The molecule has 1 aromatic rings. The zero-order chi connectivity index (χ0) is 17.1. The van der Waals surface area contributed by atoms with Crippen LogP contribution in [-0.4, -0.2) is 53.5 Å². The molecule has 0 spiro atoms. The number of nitrogens with one attached hydrogen (secondary N) is 1. The number of thiocarbonyl (C=S) groups is 1. The molecule has 1 amide bonds. The van der Waals surface area contributed by atoms with Gasteiger partial charge in [0.15, 0.2) is 5.11 Å². The highest BCUT2D eigenvalue weighted by atomic mass is 32.1. The molecular weight excluding hydrogens is 325 g/mol. The van der Waals surface area contributed by atoms with Crippen molar-refractivity contribution in [2.45, 2.75) is 25.7 Å². The minimum atomic E-state index is -0.251. The SMILES string of the molecule is CCNC(=S)N1CC(C(=O)N2CCCC2)C(c2ccc(F)cc2)C1. The summed E-state index contributed by atoms with van der Waals surface area (Å²) in [5, 5.41) is 3.87. The molecule has 0 saturated carbocycles. The summed E-state index contributed by atoms with van der Waals surface area (Å²) >= 11 is 5.44. The van der Waals surface area contributed by atoms with Crippen molar-refractivity contribution in [1.82, 2.24) is 15.1 Å². The first kappa shape index (κ1) is 17.1. The monoisotopic (exact) mass is 349 g/mol. The number of carbonyl (C=O) groups is 1. The van der Waals surface area contributed by atoms with Gasteiger partial charge in [0.25, 0.3) is 0 Å². The molecule has 2 aliphatic rings. The summed E-state index contributed by atoms with van der Waals surface area (Å²) in [7, 11) is 0. The lowest BCUT2D eigenvalue weighted by atomic mass is 9.88. The van der Waals surface area contributed by atoms with Crippen LogP contribution in [0.3, 0.4) is 0 Å². The van der Waals surface area contributed by atoms with Gasteiger partial charge < -0.3 is 15.1 Å². The molecule has 2 fully saturated rings. The minimum Gasteiger partial charge on any atom is -0.363 e. The van der Waals surface area contributed by atoms with Gasteiger partial charge in [-0.05, 0) is 49.7 Å². The first-order valence-electron chi connectivity index (χ1n) is 8.67. The summed E-state index contributed by atoms with van der Waals surface area (Å²) in [6.45, 7) is 5.80. The second-order valence-corrected chi connectivity index (χ2v) is 6.92. The Balaban J connectivity index is 1.82. The molecule has 0 bridgehead atoms. The number of carbonyl (C=O) groups excluding carboxylic acids is 1. The highest BCUT2D eigenvalue weighted by Crippen LogP contribution is 2.34. The van der Waals surface area contributed by atoms with Gasteiger partial charge in [0, 0.05) is 38.6 Å². The van der Waals surface area contributed by atoms with Crippen LogP contribution in [0.25, 0.3) is 0 Å². The van der Waals surface area contributed by atoms with Gasteiger partial charge in [-0.2, -0.15) is 0 Å². The second-order valence-electron chi connectivity index (χ2n) is 6.54. The van der Waals surface area contributed by atoms with E-state index in [4.69, 9.17) is 12.2 Å². The zero-order valence-corrected chi connectivity index (χ0v) is 14.8. The number of halogens is 1. The molecule has 2 saturated heterocycles. The van der Waals surface area contributed by atoms with Crippen LogP contribution in [0, 0.1) is 11.7 Å². The molecule has 2 aliphatic heterocycles. The van der Waals surface area contributed by atoms with Crippen LogP contribution >= 0.6 is 12.2 Å². The maximum Gasteiger partial charge on any atom is 0.228 e. The lowest BCUT2D eigenvalue weighted by Gasteiger charge is -2.24. The smallest absolute Gasteiger partial charge is 0.228 e. The number of hydrogen-bond donors (Lipinski definition) is 1. The standard InChI is InChI=1S/C18H24FN3OS/c1-2-20-18(24)22-11-15(13-5-7-14(19)8-6-13)16(12-22)17(23)21-9-3-4-10-21/h5-8,15-16H,2-4,9-12H2,1H3,(H,20,24). The minimum absolute atomic E-state index is 0.0512. The van der Waals surface area contributed by atoms with Gasteiger partial charge in [-0.1, -0.05) is 12.1 Å². The topological polar surface area (TPSA) is 35.6 Å². The van der Waals surface area contributed by atoms with E-state index in [2.05, 4.69) is 10.2 Å². The van der Waals surface area contributed by atoms with Crippen molar-refractivity contribution in [2.75, 3.05) is 32.7 Å². The molecule has 130 valence electrons. The van der Waals surface area contributed by atoms with Crippen molar-refractivity contribution < 1.29 is 9.18 Å². The summed E-state index contributed by atoms with van der Waals surface area (Å²) in [5.74, 6) is -0.108. The fourth-order valence-electron chi connectivity index (χ4n) is 3.70. The highest BCUT2D eigenvalue weighted by Gasteiger charge is 2.41. The maximum atomic E-state index is 13.3. The maximum absolute atomic E-state index is 13.3. The molecule has 3 rings (SSSR count). The van der Waals surface area contributed by atoms with Crippen molar-refractivity contribution in [3.8, 4) is 0 Å². The number of benzene rings is 1. The summed E-state index contributed by atoms with van der Waals surface area (Å²) in [5.41, 5.74) is 1.01. The van der Waals surface area contributed by atoms with E-state index in [1.807, 2.05) is 11.8 Å². The quantitative estimate of drug-likeness (QED) is 0.850. The normalized spacial score (nSPS) is 23.6. The molecule has 2 atom stereocenters. The Morgan fingerprint density at radius 3 is 2.50 bits per heavy atom. The summed E-state index contributed by atoms with van der Waals surface area (Å²) in [4.78, 5) is 17.0. The number of likely N-dealkylation sites (tertiary alicyclic amines) is 2. The molecule has 0 aliphatic carbocycles. The van der Waals surface area contributed by atoms with Crippen LogP contribution < -0.4 is 5.32 Å². The van der Waals surface area contributed by atoms with Crippen molar-refractivity contribution in [3.05, 3.63) is 35.6 Å². The molecule has 24 heavy (non-hydrogen) atoms. The van der Waals surface area contributed by atoms with Crippen LogP contribution in [0.5, 0.6) is 0 Å². The van der Waals surface area contributed by atoms with E-state index in [-0.39, 0.29) is 23.6 Å². The average molecular weight is 349 g/mol. The van der Waals surface area contributed by atoms with E-state index in [0.29, 0.717) is 18.2 Å². The Kier molecular flexibility index (Phi) is 5.33. The molecule has 0 aromatic heterocycles. The third-order valence-corrected chi connectivity index (χ3v) is 5.37. The first-order chi connectivity index (χ1) is 11.6. The summed E-state index contributed by atoms with van der Waals surface area (Å²) < 4.78 is 13.3. The van der Waals surface area contributed by atoms with Crippen molar-refractivity contribution >= 4 is 23.2 Å². The fraction of sp³-hybridized carbons (Fsp3) is 0.556. The average Bonchev–Trinajstić information content (AvgIpc) is 3.25. The Bertz CT molecular complexity index is 601. The molecule has 4 nitrogen and oxygen atoms in total. The van der Waals surface area contributed by atoms with Crippen molar-refractivity contribution in [1.29, 1.82) is 0 Å². The number of amides is 1. The molecule has 6 heteroatoms. The van der Waals surface area contributed by atoms with E-state index >= 15 is 0 Å². The molecule has 2 unspecified atom stereocenters. The fourth-order valence-corrected chi connectivity index (χ4v) is 4.00. The van der Waals surface area contributed by atoms with E-state index < -0.39 is 0 Å². The van der Waals surface area contributed by atoms with E-state index in [9.17, 15) is 9.18 Å². The summed E-state index contributed by atoms with van der Waals surface area (Å²) in [6, 6.07) is 6.53. The number of nitrogens with zero attached hydrogens (tertiary/aromatic N) is 2. The molecule has 1 N–H and O–H groups in total. The van der Waals surface area contributed by atoms with Crippen LogP contribution in [0.1, 0.15) is 31.2 Å². The Hall–Kier alpha value is -1.69. The molecule has 0 radical (unpaired) electrons.